The highest BCUT2D eigenvalue weighted by molar-refractivity contribution is 6.34. The standard InChI is InChI=1S/C20H14ClF2NO3/c1-26-15-9-5-8-14(22)17(15)16-13(21)10-12(19(24)18(16)23)20(25)27-11-6-3-2-4-7-11/h2-10H,24H2,1H3. The lowest BCUT2D eigenvalue weighted by Crippen LogP contribution is -2.13. The summed E-state index contributed by atoms with van der Waals surface area (Å²) in [6.07, 6.45) is 0. The maximum atomic E-state index is 15.0. The van der Waals surface area contributed by atoms with E-state index >= 15 is 0 Å². The minimum absolute atomic E-state index is 0.0785. The van der Waals surface area contributed by atoms with Gasteiger partial charge in [0.05, 0.1) is 28.9 Å². The summed E-state index contributed by atoms with van der Waals surface area (Å²) in [6.45, 7) is 0. The van der Waals surface area contributed by atoms with E-state index < -0.39 is 23.3 Å². The van der Waals surface area contributed by atoms with Crippen LogP contribution >= 0.6 is 11.6 Å². The molecule has 0 spiro atoms. The molecule has 27 heavy (non-hydrogen) atoms. The topological polar surface area (TPSA) is 61.5 Å². The number of esters is 1. The fourth-order valence-electron chi connectivity index (χ4n) is 2.60. The van der Waals surface area contributed by atoms with E-state index in [0.717, 1.165) is 12.1 Å². The van der Waals surface area contributed by atoms with Gasteiger partial charge >= 0.3 is 5.97 Å². The van der Waals surface area contributed by atoms with Crippen molar-refractivity contribution < 1.29 is 23.0 Å². The van der Waals surface area contributed by atoms with Gasteiger partial charge in [-0.15, -0.1) is 0 Å². The van der Waals surface area contributed by atoms with Crippen molar-refractivity contribution in [3.05, 3.63) is 76.8 Å². The van der Waals surface area contributed by atoms with Crippen LogP contribution in [0.5, 0.6) is 11.5 Å². The summed E-state index contributed by atoms with van der Waals surface area (Å²) in [4.78, 5) is 12.4. The minimum atomic E-state index is -1.04. The number of carbonyl (C=O) groups is 1. The lowest BCUT2D eigenvalue weighted by molar-refractivity contribution is 0.0735. The number of benzene rings is 3. The number of hydrogen-bond donors (Lipinski definition) is 1. The van der Waals surface area contributed by atoms with Gasteiger partial charge in [-0.2, -0.15) is 0 Å². The molecular weight excluding hydrogens is 376 g/mol. The van der Waals surface area contributed by atoms with Crippen LogP contribution < -0.4 is 15.2 Å². The lowest BCUT2D eigenvalue weighted by Gasteiger charge is -2.15. The van der Waals surface area contributed by atoms with Crippen LogP contribution in [-0.2, 0) is 0 Å². The third-order valence-corrected chi connectivity index (χ3v) is 4.17. The van der Waals surface area contributed by atoms with Gasteiger partial charge in [0.2, 0.25) is 0 Å². The zero-order valence-corrected chi connectivity index (χ0v) is 14.9. The third-order valence-electron chi connectivity index (χ3n) is 3.87. The van der Waals surface area contributed by atoms with E-state index in [0.29, 0.717) is 0 Å². The van der Waals surface area contributed by atoms with Crippen LogP contribution in [-0.4, -0.2) is 13.1 Å². The Morgan fingerprint density at radius 1 is 1.04 bits per heavy atom. The first kappa shape index (κ1) is 18.7. The highest BCUT2D eigenvalue weighted by atomic mass is 35.5. The van der Waals surface area contributed by atoms with Gasteiger partial charge in [0, 0.05) is 5.56 Å². The normalized spacial score (nSPS) is 10.5. The number of methoxy groups -OCH3 is 1. The fraction of sp³-hybridized carbons (Fsp3) is 0.0500. The van der Waals surface area contributed by atoms with Gasteiger partial charge in [-0.25, -0.2) is 13.6 Å². The Labute approximate surface area is 159 Å². The number of anilines is 1. The van der Waals surface area contributed by atoms with Crippen LogP contribution in [0.25, 0.3) is 11.1 Å². The molecule has 0 bridgehead atoms. The number of hydrogen-bond acceptors (Lipinski definition) is 4. The molecule has 4 nitrogen and oxygen atoms in total. The number of para-hydroxylation sites is 1. The molecule has 0 unspecified atom stereocenters. The number of carbonyl (C=O) groups excluding carboxylic acids is 1. The summed E-state index contributed by atoms with van der Waals surface area (Å²) in [7, 11) is 1.32. The van der Waals surface area contributed by atoms with Crippen molar-refractivity contribution in [2.24, 2.45) is 0 Å². The lowest BCUT2D eigenvalue weighted by atomic mass is 9.99. The number of halogens is 3. The number of rotatable bonds is 4. The monoisotopic (exact) mass is 389 g/mol. The van der Waals surface area contributed by atoms with E-state index in [1.54, 1.807) is 30.3 Å². The summed E-state index contributed by atoms with van der Waals surface area (Å²) in [5.41, 5.74) is 4.55. The number of nitrogen functional groups attached to an aromatic ring is 1. The van der Waals surface area contributed by atoms with Crippen LogP contribution in [0.1, 0.15) is 10.4 Å². The van der Waals surface area contributed by atoms with Crippen molar-refractivity contribution in [1.82, 2.24) is 0 Å². The van der Waals surface area contributed by atoms with Crippen LogP contribution in [0.4, 0.5) is 14.5 Å². The predicted octanol–water partition coefficient (Wildman–Crippen LogP) is 5.10. The second-order valence-electron chi connectivity index (χ2n) is 5.53. The molecule has 3 aromatic rings. The maximum Gasteiger partial charge on any atom is 0.345 e. The van der Waals surface area contributed by atoms with Gasteiger partial charge < -0.3 is 15.2 Å². The molecule has 0 atom stereocenters. The molecule has 0 heterocycles. The van der Waals surface area contributed by atoms with E-state index in [4.69, 9.17) is 26.8 Å². The Morgan fingerprint density at radius 2 is 1.74 bits per heavy atom. The van der Waals surface area contributed by atoms with E-state index in [1.165, 1.54) is 19.2 Å². The van der Waals surface area contributed by atoms with Crippen LogP contribution in [0.15, 0.2) is 54.6 Å². The molecule has 0 aliphatic heterocycles. The molecule has 0 saturated carbocycles. The molecule has 0 radical (unpaired) electrons. The summed E-state index contributed by atoms with van der Waals surface area (Å²) in [6, 6.07) is 13.4. The first-order valence-corrected chi connectivity index (χ1v) is 8.19. The molecule has 0 amide bonds. The Balaban J connectivity index is 2.09. The molecule has 7 heteroatoms. The molecule has 3 rings (SSSR count). The van der Waals surface area contributed by atoms with Gasteiger partial charge in [0.1, 0.15) is 17.3 Å². The van der Waals surface area contributed by atoms with Crippen molar-refractivity contribution >= 4 is 23.3 Å². The Bertz CT molecular complexity index is 1010. The van der Waals surface area contributed by atoms with Crippen LogP contribution in [0.2, 0.25) is 5.02 Å². The Kier molecular flexibility index (Phi) is 5.28. The van der Waals surface area contributed by atoms with Crippen molar-refractivity contribution in [3.8, 4) is 22.6 Å². The number of ether oxygens (including phenoxy) is 2. The van der Waals surface area contributed by atoms with E-state index in [2.05, 4.69) is 0 Å². The van der Waals surface area contributed by atoms with E-state index in [1.807, 2.05) is 0 Å². The fourth-order valence-corrected chi connectivity index (χ4v) is 2.89. The smallest absolute Gasteiger partial charge is 0.345 e. The molecule has 0 fully saturated rings. The minimum Gasteiger partial charge on any atom is -0.496 e. The molecule has 0 aliphatic rings. The average Bonchev–Trinajstić information content (AvgIpc) is 2.66. The highest BCUT2D eigenvalue weighted by Gasteiger charge is 2.25. The zero-order valence-electron chi connectivity index (χ0n) is 14.1. The van der Waals surface area contributed by atoms with Gasteiger partial charge in [-0.3, -0.25) is 0 Å². The molecule has 0 aromatic heterocycles. The van der Waals surface area contributed by atoms with Crippen molar-refractivity contribution in [2.75, 3.05) is 12.8 Å². The second-order valence-corrected chi connectivity index (χ2v) is 5.94. The molecule has 0 saturated heterocycles. The van der Waals surface area contributed by atoms with Crippen molar-refractivity contribution in [3.63, 3.8) is 0 Å². The van der Waals surface area contributed by atoms with Crippen LogP contribution in [0.3, 0.4) is 0 Å². The SMILES string of the molecule is COc1cccc(F)c1-c1c(Cl)cc(C(=O)Oc2ccccc2)c(N)c1F. The van der Waals surface area contributed by atoms with E-state index in [-0.39, 0.29) is 33.2 Å². The molecule has 0 aliphatic carbocycles. The molecular formula is C20H14ClF2NO3. The summed E-state index contributed by atoms with van der Waals surface area (Å²) in [5.74, 6) is -2.32. The highest BCUT2D eigenvalue weighted by Crippen LogP contribution is 2.41. The molecule has 2 N–H and O–H groups in total. The second kappa shape index (κ2) is 7.63. The quantitative estimate of drug-likeness (QED) is 0.383. The summed E-state index contributed by atoms with van der Waals surface area (Å²) in [5, 5.41) is -0.204. The first-order valence-electron chi connectivity index (χ1n) is 7.81. The van der Waals surface area contributed by atoms with Gasteiger partial charge in [-0.1, -0.05) is 35.9 Å². The summed E-state index contributed by atoms with van der Waals surface area (Å²) < 4.78 is 39.5. The van der Waals surface area contributed by atoms with Crippen molar-refractivity contribution in [2.45, 2.75) is 0 Å². The van der Waals surface area contributed by atoms with Crippen molar-refractivity contribution in [1.29, 1.82) is 0 Å². The first-order chi connectivity index (χ1) is 12.9. The number of nitrogens with two attached hydrogens (primary N) is 1. The molecule has 3 aromatic carbocycles. The Hall–Kier alpha value is -3.12. The summed E-state index contributed by atoms with van der Waals surface area (Å²) >= 11 is 6.16. The largest absolute Gasteiger partial charge is 0.496 e. The van der Waals surface area contributed by atoms with Crippen LogP contribution in [0, 0.1) is 11.6 Å². The predicted molar refractivity (Wildman–Crippen MR) is 99.2 cm³/mol. The van der Waals surface area contributed by atoms with Gasteiger partial charge in [-0.05, 0) is 30.3 Å². The Morgan fingerprint density at radius 3 is 2.41 bits per heavy atom. The van der Waals surface area contributed by atoms with Gasteiger partial charge in [0.15, 0.2) is 5.82 Å². The average molecular weight is 390 g/mol. The third kappa shape index (κ3) is 3.57. The maximum absolute atomic E-state index is 15.0. The van der Waals surface area contributed by atoms with E-state index in [9.17, 15) is 13.6 Å². The zero-order chi connectivity index (χ0) is 19.6. The molecule has 138 valence electrons. The van der Waals surface area contributed by atoms with Gasteiger partial charge in [0.25, 0.3) is 0 Å².